The summed E-state index contributed by atoms with van der Waals surface area (Å²) < 4.78 is 25.1. The van der Waals surface area contributed by atoms with Gasteiger partial charge in [-0.3, -0.25) is 4.72 Å². The minimum atomic E-state index is -3.43. The van der Waals surface area contributed by atoms with E-state index in [0.717, 1.165) is 17.5 Å². The number of nitriles is 1. The maximum absolute atomic E-state index is 11.4. The van der Waals surface area contributed by atoms with Gasteiger partial charge < -0.3 is 4.90 Å². The Labute approximate surface area is 176 Å². The molecule has 0 aliphatic carbocycles. The molecule has 2 aromatic rings. The lowest BCUT2D eigenvalue weighted by Gasteiger charge is -2.12. The van der Waals surface area contributed by atoms with Gasteiger partial charge >= 0.3 is 5.82 Å². The molecule has 2 rings (SSSR count). The monoisotopic (exact) mass is 417 g/mol. The van der Waals surface area contributed by atoms with Gasteiger partial charge in [-0.15, -0.1) is 0 Å². The number of benzene rings is 2. The van der Waals surface area contributed by atoms with Gasteiger partial charge in [0.15, 0.2) is 0 Å². The summed E-state index contributed by atoms with van der Waals surface area (Å²) in [6, 6.07) is 15.8. The Morgan fingerprint density at radius 3 is 2.07 bits per heavy atom. The quantitative estimate of drug-likeness (QED) is 0.433. The second-order valence-electron chi connectivity index (χ2n) is 6.53. The number of nitrogens with one attached hydrogen (secondary N) is 1. The van der Waals surface area contributed by atoms with Crippen molar-refractivity contribution in [2.75, 3.05) is 30.0 Å². The molecule has 150 valence electrons. The summed E-state index contributed by atoms with van der Waals surface area (Å²) >= 11 is 0. The molecule has 0 atom stereocenters. The summed E-state index contributed by atoms with van der Waals surface area (Å²) in [5.41, 5.74) is 2.92. The zero-order valence-corrected chi connectivity index (χ0v) is 17.5. The zero-order chi connectivity index (χ0) is 22.3. The standard InChI is InChI=1S/C22H19N5O2S/c1-24-22(25-2)21(17-8-10-19(11-9-17)26-30(5,28)29)18(15-23)14-16-6-12-20(13-7-16)27(3)4/h6-14,26H,3-5H3/b18-14+. The second kappa shape index (κ2) is 9.43. The second-order valence-corrected chi connectivity index (χ2v) is 8.28. The third-order valence-corrected chi connectivity index (χ3v) is 4.63. The van der Waals surface area contributed by atoms with E-state index in [1.807, 2.05) is 43.3 Å². The van der Waals surface area contributed by atoms with E-state index in [4.69, 9.17) is 13.1 Å². The molecule has 0 spiro atoms. The molecule has 0 bridgehead atoms. The van der Waals surface area contributed by atoms with Crippen molar-refractivity contribution in [1.29, 1.82) is 5.26 Å². The molecule has 0 aliphatic heterocycles. The molecule has 0 unspecified atom stereocenters. The largest absolute Gasteiger partial charge is 0.528 e. The van der Waals surface area contributed by atoms with Crippen molar-refractivity contribution in [3.05, 3.63) is 93.9 Å². The van der Waals surface area contributed by atoms with Crippen LogP contribution in [-0.4, -0.2) is 28.8 Å². The molecule has 0 aliphatic rings. The molecule has 7 nitrogen and oxygen atoms in total. The minimum absolute atomic E-state index is 0.165. The average Bonchev–Trinajstić information content (AvgIpc) is 2.70. The van der Waals surface area contributed by atoms with Gasteiger partial charge in [-0.05, 0) is 41.5 Å². The molecular formula is C22H19N5O2S. The maximum Gasteiger partial charge on any atom is 0.528 e. The van der Waals surface area contributed by atoms with Crippen molar-refractivity contribution in [3.63, 3.8) is 0 Å². The summed E-state index contributed by atoms with van der Waals surface area (Å²) in [5.74, 6) is -0.239. The number of hydrogen-bond donors (Lipinski definition) is 1. The van der Waals surface area contributed by atoms with Crippen LogP contribution in [0.2, 0.25) is 0 Å². The first-order valence-corrected chi connectivity index (χ1v) is 10.5. The van der Waals surface area contributed by atoms with Crippen LogP contribution in [0.4, 0.5) is 11.4 Å². The van der Waals surface area contributed by atoms with Crippen LogP contribution in [0.25, 0.3) is 21.3 Å². The fraction of sp³-hybridized carbons (Fsp3) is 0.136. The van der Waals surface area contributed by atoms with Crippen molar-refractivity contribution < 1.29 is 8.42 Å². The fourth-order valence-electron chi connectivity index (χ4n) is 2.66. The summed E-state index contributed by atoms with van der Waals surface area (Å²) in [5, 5.41) is 9.75. The SMILES string of the molecule is [C-]#[N+]C([N+]#[C-])=C(/C(C#N)=C/c1ccc(N(C)C)cc1)c1ccc(NS(C)(=O)=O)cc1. The van der Waals surface area contributed by atoms with Crippen molar-refractivity contribution in [2.24, 2.45) is 0 Å². The fourth-order valence-corrected chi connectivity index (χ4v) is 3.22. The van der Waals surface area contributed by atoms with E-state index in [1.54, 1.807) is 18.2 Å². The smallest absolute Gasteiger partial charge is 0.378 e. The third kappa shape index (κ3) is 5.72. The third-order valence-electron chi connectivity index (χ3n) is 4.02. The molecule has 8 heteroatoms. The molecular weight excluding hydrogens is 398 g/mol. The van der Waals surface area contributed by atoms with Crippen molar-refractivity contribution in [3.8, 4) is 6.07 Å². The lowest BCUT2D eigenvalue weighted by atomic mass is 9.96. The van der Waals surface area contributed by atoms with Crippen LogP contribution in [0.1, 0.15) is 11.1 Å². The van der Waals surface area contributed by atoms with E-state index in [0.29, 0.717) is 11.3 Å². The van der Waals surface area contributed by atoms with Gasteiger partial charge in [-0.25, -0.2) is 8.42 Å². The first kappa shape index (κ1) is 22.2. The van der Waals surface area contributed by atoms with Crippen LogP contribution in [-0.2, 0) is 10.0 Å². The number of nitrogens with zero attached hydrogens (tertiary/aromatic N) is 4. The highest BCUT2D eigenvalue weighted by Gasteiger charge is 2.21. The Kier molecular flexibility index (Phi) is 6.99. The Morgan fingerprint density at radius 1 is 1.07 bits per heavy atom. The lowest BCUT2D eigenvalue weighted by molar-refractivity contribution is 0.607. The van der Waals surface area contributed by atoms with Gasteiger partial charge in [0.25, 0.3) is 0 Å². The van der Waals surface area contributed by atoms with Crippen LogP contribution in [0, 0.1) is 24.5 Å². The molecule has 0 aromatic heterocycles. The van der Waals surface area contributed by atoms with Gasteiger partial charge in [0.05, 0.1) is 23.5 Å². The maximum atomic E-state index is 11.4. The molecule has 0 saturated carbocycles. The number of anilines is 2. The van der Waals surface area contributed by atoms with Crippen LogP contribution in [0.3, 0.4) is 0 Å². The average molecular weight is 417 g/mol. The van der Waals surface area contributed by atoms with Crippen molar-refractivity contribution in [1.82, 2.24) is 0 Å². The summed E-state index contributed by atoms with van der Waals surface area (Å²) in [6.45, 7) is 14.7. The van der Waals surface area contributed by atoms with E-state index < -0.39 is 10.0 Å². The Bertz CT molecular complexity index is 1200. The summed E-state index contributed by atoms with van der Waals surface area (Å²) in [6.07, 6.45) is 2.66. The van der Waals surface area contributed by atoms with E-state index >= 15 is 0 Å². The molecule has 0 fully saturated rings. The number of rotatable bonds is 6. The van der Waals surface area contributed by atoms with Crippen molar-refractivity contribution >= 4 is 33.0 Å². The Balaban J connectivity index is 2.56. The number of sulfonamides is 1. The lowest BCUT2D eigenvalue weighted by Crippen LogP contribution is -2.09. The van der Waals surface area contributed by atoms with Crippen LogP contribution in [0.5, 0.6) is 0 Å². The van der Waals surface area contributed by atoms with E-state index in [2.05, 4.69) is 20.5 Å². The normalized spacial score (nSPS) is 10.9. The van der Waals surface area contributed by atoms with Gasteiger partial charge in [0.2, 0.25) is 10.0 Å². The van der Waals surface area contributed by atoms with E-state index in [1.165, 1.54) is 12.1 Å². The van der Waals surface area contributed by atoms with Gasteiger partial charge in [0.1, 0.15) is 13.1 Å². The van der Waals surface area contributed by atoms with E-state index in [-0.39, 0.29) is 17.0 Å². The molecule has 1 N–H and O–H groups in total. The topological polar surface area (TPSA) is 81.9 Å². The molecule has 0 radical (unpaired) electrons. The number of allylic oxidation sites excluding steroid dienone is 2. The van der Waals surface area contributed by atoms with Crippen LogP contribution < -0.4 is 9.62 Å². The predicted molar refractivity (Wildman–Crippen MR) is 119 cm³/mol. The predicted octanol–water partition coefficient (Wildman–Crippen LogP) is 4.24. The molecule has 2 aromatic carbocycles. The Morgan fingerprint density at radius 2 is 1.63 bits per heavy atom. The zero-order valence-electron chi connectivity index (χ0n) is 16.7. The highest BCUT2D eigenvalue weighted by Crippen LogP contribution is 2.31. The van der Waals surface area contributed by atoms with Crippen molar-refractivity contribution in [2.45, 2.75) is 0 Å². The molecule has 30 heavy (non-hydrogen) atoms. The molecule has 0 saturated heterocycles. The summed E-state index contributed by atoms with van der Waals surface area (Å²) in [7, 11) is 0.413. The van der Waals surface area contributed by atoms with Gasteiger partial charge in [-0.1, -0.05) is 24.3 Å². The highest BCUT2D eigenvalue weighted by molar-refractivity contribution is 7.92. The highest BCUT2D eigenvalue weighted by atomic mass is 32.2. The van der Waals surface area contributed by atoms with E-state index in [9.17, 15) is 13.7 Å². The molecule has 0 heterocycles. The van der Waals surface area contributed by atoms with Gasteiger partial charge in [-0.2, -0.15) is 15.0 Å². The van der Waals surface area contributed by atoms with Crippen LogP contribution >= 0.6 is 0 Å². The molecule has 0 amide bonds. The van der Waals surface area contributed by atoms with Crippen LogP contribution in [0.15, 0.2) is 59.9 Å². The first-order valence-electron chi connectivity index (χ1n) is 8.65. The Hall–Kier alpha value is -4.06. The first-order chi connectivity index (χ1) is 14.2. The summed E-state index contributed by atoms with van der Waals surface area (Å²) in [4.78, 5) is 8.51. The van der Waals surface area contributed by atoms with Gasteiger partial charge in [0, 0.05) is 25.5 Å². The number of hydrogen-bond acceptors (Lipinski definition) is 4. The minimum Gasteiger partial charge on any atom is -0.378 e.